The van der Waals surface area contributed by atoms with Gasteiger partial charge >= 0.3 is 0 Å². The lowest BCUT2D eigenvalue weighted by Crippen LogP contribution is -2.39. The van der Waals surface area contributed by atoms with Gasteiger partial charge in [0.1, 0.15) is 5.75 Å². The van der Waals surface area contributed by atoms with Crippen molar-refractivity contribution in [1.29, 1.82) is 0 Å². The van der Waals surface area contributed by atoms with E-state index in [1.165, 1.54) is 22.0 Å². The number of benzene rings is 2. The van der Waals surface area contributed by atoms with Crippen molar-refractivity contribution in [3.05, 3.63) is 65.4 Å². The highest BCUT2D eigenvalue weighted by Crippen LogP contribution is 2.35. The number of aromatic hydroxyl groups is 1. The average Bonchev–Trinajstić information content (AvgIpc) is 3.02. The highest BCUT2D eigenvalue weighted by Gasteiger charge is 2.26. The molecule has 2 heterocycles. The predicted molar refractivity (Wildman–Crippen MR) is 95.4 cm³/mol. The van der Waals surface area contributed by atoms with Gasteiger partial charge in [-0.1, -0.05) is 30.3 Å². The predicted octanol–water partition coefficient (Wildman–Crippen LogP) is 3.60. The summed E-state index contributed by atoms with van der Waals surface area (Å²) >= 11 is 0. The number of morpholine rings is 1. The first-order valence-corrected chi connectivity index (χ1v) is 8.41. The fourth-order valence-electron chi connectivity index (χ4n) is 3.67. The molecule has 24 heavy (non-hydrogen) atoms. The Balaban J connectivity index is 1.86. The first-order chi connectivity index (χ1) is 11.7. The number of para-hydroxylation sites is 1. The first-order valence-electron chi connectivity index (χ1n) is 8.41. The summed E-state index contributed by atoms with van der Waals surface area (Å²) in [5.41, 5.74) is 4.79. The van der Waals surface area contributed by atoms with Gasteiger partial charge in [0.2, 0.25) is 0 Å². The van der Waals surface area contributed by atoms with Crippen LogP contribution in [0.15, 0.2) is 48.7 Å². The van der Waals surface area contributed by atoms with Crippen molar-refractivity contribution in [3.63, 3.8) is 0 Å². The van der Waals surface area contributed by atoms with Gasteiger partial charge < -0.3 is 14.8 Å². The van der Waals surface area contributed by atoms with Gasteiger partial charge in [0.25, 0.3) is 0 Å². The molecule has 1 atom stereocenters. The fraction of sp³-hybridized carbons (Fsp3) is 0.300. The van der Waals surface area contributed by atoms with E-state index in [1.807, 2.05) is 12.1 Å². The molecule has 4 heteroatoms. The van der Waals surface area contributed by atoms with Crippen LogP contribution in [0.25, 0.3) is 10.9 Å². The molecular weight excluding hydrogens is 300 g/mol. The van der Waals surface area contributed by atoms with E-state index < -0.39 is 0 Å². The summed E-state index contributed by atoms with van der Waals surface area (Å²) in [5, 5.41) is 11.2. The molecule has 4 rings (SSSR count). The molecule has 1 fully saturated rings. The number of nitrogens with zero attached hydrogens (tertiary/aromatic N) is 1. The molecule has 2 N–H and O–H groups in total. The Labute approximate surface area is 141 Å². The second-order valence-corrected chi connectivity index (χ2v) is 6.39. The van der Waals surface area contributed by atoms with Gasteiger partial charge in [0.15, 0.2) is 0 Å². The van der Waals surface area contributed by atoms with E-state index in [0.29, 0.717) is 5.75 Å². The third kappa shape index (κ3) is 2.68. The normalized spacial score (nSPS) is 17.2. The molecule has 0 radical (unpaired) electrons. The molecule has 0 spiro atoms. The maximum Gasteiger partial charge on any atom is 0.115 e. The molecule has 0 bridgehead atoms. The number of ether oxygens (including phenoxy) is 1. The Morgan fingerprint density at radius 2 is 1.92 bits per heavy atom. The number of phenols is 1. The van der Waals surface area contributed by atoms with Crippen LogP contribution in [0.5, 0.6) is 5.75 Å². The molecule has 0 aliphatic carbocycles. The van der Waals surface area contributed by atoms with Crippen molar-refractivity contribution in [2.45, 2.75) is 13.0 Å². The minimum Gasteiger partial charge on any atom is -0.508 e. The van der Waals surface area contributed by atoms with Gasteiger partial charge in [0.05, 0.1) is 19.3 Å². The van der Waals surface area contributed by atoms with Crippen molar-refractivity contribution in [1.82, 2.24) is 9.88 Å². The zero-order chi connectivity index (χ0) is 16.5. The van der Waals surface area contributed by atoms with Crippen LogP contribution in [0.1, 0.15) is 22.7 Å². The summed E-state index contributed by atoms with van der Waals surface area (Å²) in [6, 6.07) is 14.1. The van der Waals surface area contributed by atoms with Crippen molar-refractivity contribution < 1.29 is 9.84 Å². The summed E-state index contributed by atoms with van der Waals surface area (Å²) in [6.45, 7) is 5.39. The standard InChI is InChI=1S/C20H22N2O2/c1-14-4-2-7-17-18(13-21-19(14)17)20(22-8-10-24-11-9-22)15-5-3-6-16(23)12-15/h2-7,12-13,20-21,23H,8-11H2,1H3. The smallest absolute Gasteiger partial charge is 0.115 e. The molecule has 0 amide bonds. The average molecular weight is 322 g/mol. The Morgan fingerprint density at radius 1 is 1.12 bits per heavy atom. The lowest BCUT2D eigenvalue weighted by molar-refractivity contribution is 0.0242. The van der Waals surface area contributed by atoms with Crippen LogP contribution in [0.2, 0.25) is 0 Å². The van der Waals surface area contributed by atoms with Gasteiger partial charge in [-0.3, -0.25) is 4.90 Å². The topological polar surface area (TPSA) is 48.5 Å². The van der Waals surface area contributed by atoms with Crippen molar-refractivity contribution >= 4 is 10.9 Å². The molecule has 1 saturated heterocycles. The molecule has 1 aromatic heterocycles. The molecule has 4 nitrogen and oxygen atoms in total. The molecule has 0 saturated carbocycles. The number of hydrogen-bond donors (Lipinski definition) is 2. The monoisotopic (exact) mass is 322 g/mol. The summed E-state index contributed by atoms with van der Waals surface area (Å²) in [4.78, 5) is 5.87. The maximum atomic E-state index is 9.96. The van der Waals surface area contributed by atoms with Crippen LogP contribution in [-0.4, -0.2) is 41.3 Å². The van der Waals surface area contributed by atoms with Crippen molar-refractivity contribution in [2.24, 2.45) is 0 Å². The Bertz CT molecular complexity index is 850. The number of aromatic nitrogens is 1. The van der Waals surface area contributed by atoms with E-state index in [2.05, 4.69) is 47.3 Å². The number of fused-ring (bicyclic) bond motifs is 1. The third-order valence-electron chi connectivity index (χ3n) is 4.85. The lowest BCUT2D eigenvalue weighted by atomic mass is 9.95. The highest BCUT2D eigenvalue weighted by molar-refractivity contribution is 5.86. The van der Waals surface area contributed by atoms with Gasteiger partial charge in [-0.05, 0) is 35.7 Å². The number of aromatic amines is 1. The van der Waals surface area contributed by atoms with Crippen LogP contribution in [-0.2, 0) is 4.74 Å². The van der Waals surface area contributed by atoms with E-state index >= 15 is 0 Å². The molecule has 2 aromatic carbocycles. The fourth-order valence-corrected chi connectivity index (χ4v) is 3.67. The summed E-state index contributed by atoms with van der Waals surface area (Å²) in [7, 11) is 0. The Hall–Kier alpha value is -2.30. The van der Waals surface area contributed by atoms with Gasteiger partial charge in [-0.2, -0.15) is 0 Å². The quantitative estimate of drug-likeness (QED) is 0.774. The number of hydrogen-bond acceptors (Lipinski definition) is 3. The molecule has 1 aliphatic rings. The van der Waals surface area contributed by atoms with Crippen molar-refractivity contribution in [3.8, 4) is 5.75 Å². The van der Waals surface area contributed by atoms with Gasteiger partial charge in [-0.25, -0.2) is 0 Å². The number of nitrogens with one attached hydrogen (secondary N) is 1. The number of aryl methyl sites for hydroxylation is 1. The SMILES string of the molecule is Cc1cccc2c(C(c3cccc(O)c3)N3CCOCC3)c[nH]c12. The van der Waals surface area contributed by atoms with Crippen LogP contribution in [0.3, 0.4) is 0 Å². The van der Waals surface area contributed by atoms with Crippen LogP contribution in [0.4, 0.5) is 0 Å². The summed E-state index contributed by atoms with van der Waals surface area (Å²) in [6.07, 6.45) is 2.11. The second kappa shape index (κ2) is 6.30. The van der Waals surface area contributed by atoms with E-state index in [4.69, 9.17) is 4.74 Å². The summed E-state index contributed by atoms with van der Waals surface area (Å²) < 4.78 is 5.53. The second-order valence-electron chi connectivity index (χ2n) is 6.39. The van der Waals surface area contributed by atoms with Crippen LogP contribution < -0.4 is 0 Å². The molecule has 1 unspecified atom stereocenters. The van der Waals surface area contributed by atoms with Crippen LogP contribution >= 0.6 is 0 Å². The highest BCUT2D eigenvalue weighted by atomic mass is 16.5. The lowest BCUT2D eigenvalue weighted by Gasteiger charge is -2.35. The Kier molecular flexibility index (Phi) is 4.00. The summed E-state index contributed by atoms with van der Waals surface area (Å²) in [5.74, 6) is 0.307. The number of phenolic OH excluding ortho intramolecular Hbond substituents is 1. The van der Waals surface area contributed by atoms with E-state index in [9.17, 15) is 5.11 Å². The molecule has 124 valence electrons. The third-order valence-corrected chi connectivity index (χ3v) is 4.85. The van der Waals surface area contributed by atoms with Gasteiger partial charge in [-0.15, -0.1) is 0 Å². The molecule has 3 aromatic rings. The van der Waals surface area contributed by atoms with Gasteiger partial charge in [0, 0.05) is 30.2 Å². The van der Waals surface area contributed by atoms with Crippen LogP contribution in [0, 0.1) is 6.92 Å². The molecular formula is C20H22N2O2. The molecule has 1 aliphatic heterocycles. The van der Waals surface area contributed by atoms with E-state index in [0.717, 1.165) is 31.9 Å². The largest absolute Gasteiger partial charge is 0.508 e. The number of rotatable bonds is 3. The minimum atomic E-state index is 0.108. The van der Waals surface area contributed by atoms with E-state index in [-0.39, 0.29) is 6.04 Å². The zero-order valence-corrected chi connectivity index (χ0v) is 13.8. The maximum absolute atomic E-state index is 9.96. The number of H-pyrrole nitrogens is 1. The first kappa shape index (κ1) is 15.2. The van der Waals surface area contributed by atoms with Crippen molar-refractivity contribution in [2.75, 3.05) is 26.3 Å². The van der Waals surface area contributed by atoms with E-state index in [1.54, 1.807) is 6.07 Å². The Morgan fingerprint density at radius 3 is 2.71 bits per heavy atom. The minimum absolute atomic E-state index is 0.108. The zero-order valence-electron chi connectivity index (χ0n) is 13.8.